The average molecular weight is 1400 g/mol. The summed E-state index contributed by atoms with van der Waals surface area (Å²) in [6, 6.07) is 0. The van der Waals surface area contributed by atoms with Gasteiger partial charge >= 0.3 is 39.5 Å². The first kappa shape index (κ1) is 92.2. The van der Waals surface area contributed by atoms with Crippen LogP contribution in [0.25, 0.3) is 0 Å². The molecule has 0 radical (unpaired) electrons. The first-order valence-corrected chi connectivity index (χ1v) is 40.8. The number of carbonyl (C=O) groups excluding carboxylic acids is 4. The summed E-state index contributed by atoms with van der Waals surface area (Å²) in [5.74, 6) is -2.24. The van der Waals surface area contributed by atoms with E-state index in [-0.39, 0.29) is 25.7 Å². The van der Waals surface area contributed by atoms with E-state index in [1.54, 1.807) is 0 Å². The molecule has 0 aromatic carbocycles. The van der Waals surface area contributed by atoms with Gasteiger partial charge in [-0.15, -0.1) is 0 Å². The summed E-state index contributed by atoms with van der Waals surface area (Å²) >= 11 is 0. The molecule has 0 bridgehead atoms. The second-order valence-corrected chi connectivity index (χ2v) is 28.1. The van der Waals surface area contributed by atoms with Crippen LogP contribution in [0.4, 0.5) is 0 Å². The first-order valence-electron chi connectivity index (χ1n) is 37.8. The Labute approximate surface area is 583 Å². The fourth-order valence-electron chi connectivity index (χ4n) is 10.1. The third kappa shape index (κ3) is 68.8. The van der Waals surface area contributed by atoms with Gasteiger partial charge in [0.1, 0.15) is 19.3 Å². The number of esters is 4. The number of hydrogen-bond acceptors (Lipinski definition) is 15. The predicted molar refractivity (Wildman–Crippen MR) is 390 cm³/mol. The second kappa shape index (κ2) is 69.7. The molecule has 0 aliphatic heterocycles. The normalized spacial score (nSPS) is 14.4. The van der Waals surface area contributed by atoms with Crippen LogP contribution < -0.4 is 0 Å². The molecule has 19 heteroatoms. The predicted octanol–water partition coefficient (Wildman–Crippen LogP) is 21.4. The zero-order chi connectivity index (χ0) is 70.4. The van der Waals surface area contributed by atoms with Gasteiger partial charge in [-0.2, -0.15) is 0 Å². The smallest absolute Gasteiger partial charge is 0.462 e. The molecule has 3 N–H and O–H groups in total. The monoisotopic (exact) mass is 1390 g/mol. The quantitative estimate of drug-likeness (QED) is 0.0169. The van der Waals surface area contributed by atoms with Crippen molar-refractivity contribution in [1.29, 1.82) is 0 Å². The van der Waals surface area contributed by atoms with E-state index in [1.165, 1.54) is 109 Å². The van der Waals surface area contributed by atoms with Crippen molar-refractivity contribution in [3.8, 4) is 0 Å². The molecule has 0 amide bonds. The number of allylic oxidation sites excluding steroid dienone is 14. The summed E-state index contributed by atoms with van der Waals surface area (Å²) in [6.45, 7) is 4.67. The van der Waals surface area contributed by atoms with E-state index in [2.05, 4.69) is 101 Å². The Balaban J connectivity index is 5.35. The highest BCUT2D eigenvalue weighted by molar-refractivity contribution is 7.47. The van der Waals surface area contributed by atoms with Crippen molar-refractivity contribution in [2.45, 2.75) is 341 Å². The van der Waals surface area contributed by atoms with Gasteiger partial charge in [0.05, 0.1) is 26.4 Å². The van der Waals surface area contributed by atoms with E-state index in [0.717, 1.165) is 128 Å². The van der Waals surface area contributed by atoms with Gasteiger partial charge in [-0.25, -0.2) is 9.13 Å². The Morgan fingerprint density at radius 1 is 0.302 bits per heavy atom. The number of ether oxygens (including phenoxy) is 4. The van der Waals surface area contributed by atoms with Crippen LogP contribution in [-0.2, 0) is 65.4 Å². The maximum atomic E-state index is 13.1. The highest BCUT2D eigenvalue weighted by Gasteiger charge is 2.30. The van der Waals surface area contributed by atoms with Gasteiger partial charge in [0.2, 0.25) is 0 Å². The van der Waals surface area contributed by atoms with Gasteiger partial charge in [0.15, 0.2) is 12.2 Å². The van der Waals surface area contributed by atoms with E-state index in [1.807, 2.05) is 12.2 Å². The minimum atomic E-state index is -4.98. The van der Waals surface area contributed by atoms with Crippen molar-refractivity contribution in [3.05, 3.63) is 85.1 Å². The molecule has 0 aliphatic rings. The standard InChI is InChI=1S/C77H136O17P2/c1-5-9-13-17-21-25-29-32-34-35-37-40-43-46-50-54-58-62-75(80)87-67-72(93-76(81)63-59-55-51-47-41-28-24-20-16-12-8-4)69-91-95(83,84)89-65-71(78)66-90-96(85,86)92-70-73(94-77(82)64-60-56-52-48-44-38-31-27-23-19-15-11-7-3)68-88-74(79)61-57-53-49-45-42-39-36-33-30-26-22-18-14-10-6-2/h9,13,21-22,25-26,32-34,36-37,40,46,50,71-73,78H,5-8,10-12,14-20,23-24,27-31,35,38-39,41-45,47-49,51-70H2,1-4H3,(H,83,84)(H,85,86)/b13-9-,25-21-,26-22-,34-32-,36-33-,40-37-,50-46-. The van der Waals surface area contributed by atoms with Crippen LogP contribution in [0, 0.1) is 0 Å². The maximum absolute atomic E-state index is 13.1. The third-order valence-corrected chi connectivity index (χ3v) is 17.8. The van der Waals surface area contributed by atoms with Gasteiger partial charge in [-0.05, 0) is 96.3 Å². The fraction of sp³-hybridized carbons (Fsp3) is 0.766. The Bertz CT molecular complexity index is 2160. The lowest BCUT2D eigenvalue weighted by Crippen LogP contribution is -2.30. The summed E-state index contributed by atoms with van der Waals surface area (Å²) in [5, 5.41) is 10.6. The summed E-state index contributed by atoms with van der Waals surface area (Å²) in [7, 11) is -9.95. The molecule has 0 aromatic heterocycles. The summed E-state index contributed by atoms with van der Waals surface area (Å²) in [5.41, 5.74) is 0. The van der Waals surface area contributed by atoms with Crippen LogP contribution in [0.5, 0.6) is 0 Å². The van der Waals surface area contributed by atoms with Crippen molar-refractivity contribution in [2.24, 2.45) is 0 Å². The van der Waals surface area contributed by atoms with Crippen molar-refractivity contribution in [3.63, 3.8) is 0 Å². The molecule has 5 atom stereocenters. The fourth-order valence-corrected chi connectivity index (χ4v) is 11.7. The Hall–Kier alpha value is -3.76. The minimum absolute atomic E-state index is 0.0857. The van der Waals surface area contributed by atoms with E-state index in [9.17, 15) is 43.2 Å². The minimum Gasteiger partial charge on any atom is -0.462 e. The van der Waals surface area contributed by atoms with Crippen LogP contribution in [0.2, 0.25) is 0 Å². The number of aliphatic hydroxyl groups is 1. The number of aliphatic hydroxyl groups excluding tert-OH is 1. The summed E-state index contributed by atoms with van der Waals surface area (Å²) in [4.78, 5) is 72.7. The Morgan fingerprint density at radius 2 is 0.552 bits per heavy atom. The van der Waals surface area contributed by atoms with Crippen molar-refractivity contribution >= 4 is 39.5 Å². The lowest BCUT2D eigenvalue weighted by molar-refractivity contribution is -0.161. The molecule has 17 nitrogen and oxygen atoms in total. The van der Waals surface area contributed by atoms with Gasteiger partial charge in [-0.1, -0.05) is 286 Å². The topological polar surface area (TPSA) is 237 Å². The zero-order valence-corrected chi connectivity index (χ0v) is 62.3. The molecule has 5 unspecified atom stereocenters. The number of unbranched alkanes of at least 4 members (excludes halogenated alkanes) is 31. The van der Waals surface area contributed by atoms with Gasteiger partial charge in [0, 0.05) is 25.7 Å². The van der Waals surface area contributed by atoms with Gasteiger partial charge < -0.3 is 33.8 Å². The highest BCUT2D eigenvalue weighted by Crippen LogP contribution is 2.45. The third-order valence-electron chi connectivity index (χ3n) is 15.9. The van der Waals surface area contributed by atoms with Crippen molar-refractivity contribution in [1.82, 2.24) is 0 Å². The molecule has 556 valence electrons. The number of phosphoric ester groups is 2. The molecule has 0 saturated heterocycles. The number of carbonyl (C=O) groups is 4. The van der Waals surface area contributed by atoms with Gasteiger partial charge in [0.25, 0.3) is 0 Å². The molecule has 0 spiro atoms. The summed E-state index contributed by atoms with van der Waals surface area (Å²) in [6.07, 6.45) is 70.1. The second-order valence-electron chi connectivity index (χ2n) is 25.2. The molecule has 0 aromatic rings. The molecule has 0 saturated carbocycles. The van der Waals surface area contributed by atoms with E-state index in [0.29, 0.717) is 32.1 Å². The molecule has 0 rings (SSSR count). The molecule has 0 aliphatic carbocycles. The van der Waals surface area contributed by atoms with Gasteiger partial charge in [-0.3, -0.25) is 37.3 Å². The first-order chi connectivity index (χ1) is 46.7. The number of phosphoric acid groups is 2. The largest absolute Gasteiger partial charge is 0.472 e. The number of hydrogen-bond donors (Lipinski definition) is 3. The average Bonchev–Trinajstić information content (AvgIpc) is 1.13. The van der Waals surface area contributed by atoms with E-state index >= 15 is 0 Å². The lowest BCUT2D eigenvalue weighted by Gasteiger charge is -2.21. The SMILES string of the molecule is CC/C=C\C/C=C\C/C=C\C/C=C\C/C=C\CCCC(=O)OCC(COP(=O)(O)OCC(O)COP(=O)(O)OCC(COC(=O)CCCCCCC/C=C\C/C=C\CCCCC)OC(=O)CCCCCCCCCCCCCCC)OC(=O)CCCCCCCCCCCCC. The van der Waals surface area contributed by atoms with Crippen LogP contribution in [0.15, 0.2) is 85.1 Å². The molecule has 96 heavy (non-hydrogen) atoms. The van der Waals surface area contributed by atoms with Crippen LogP contribution in [0.1, 0.15) is 323 Å². The maximum Gasteiger partial charge on any atom is 0.472 e. The molecule has 0 heterocycles. The van der Waals surface area contributed by atoms with E-state index in [4.69, 9.17) is 37.0 Å². The lowest BCUT2D eigenvalue weighted by atomic mass is 10.0. The van der Waals surface area contributed by atoms with Crippen LogP contribution >= 0.6 is 15.6 Å². The zero-order valence-electron chi connectivity index (χ0n) is 60.5. The summed E-state index contributed by atoms with van der Waals surface area (Å²) < 4.78 is 68.3. The molecular weight excluding hydrogens is 1260 g/mol. The van der Waals surface area contributed by atoms with Crippen LogP contribution in [0.3, 0.4) is 0 Å². The highest BCUT2D eigenvalue weighted by atomic mass is 31.2. The Morgan fingerprint density at radius 3 is 0.896 bits per heavy atom. The molecule has 0 fully saturated rings. The van der Waals surface area contributed by atoms with Crippen LogP contribution in [-0.4, -0.2) is 96.7 Å². The van der Waals surface area contributed by atoms with Crippen molar-refractivity contribution < 1.29 is 80.2 Å². The number of rotatable bonds is 71. The molecular formula is C77H136O17P2. The van der Waals surface area contributed by atoms with Crippen molar-refractivity contribution in [2.75, 3.05) is 39.6 Å². The van der Waals surface area contributed by atoms with E-state index < -0.39 is 97.5 Å². The Kier molecular flexibility index (Phi) is 67.0.